The van der Waals surface area contributed by atoms with Gasteiger partial charge >= 0.3 is 0 Å². The van der Waals surface area contributed by atoms with Crippen LogP contribution in [0.3, 0.4) is 0 Å². The van der Waals surface area contributed by atoms with Crippen LogP contribution in [-0.4, -0.2) is 38.4 Å². The summed E-state index contributed by atoms with van der Waals surface area (Å²) >= 11 is 0. The van der Waals surface area contributed by atoms with E-state index in [1.807, 2.05) is 0 Å². The summed E-state index contributed by atoms with van der Waals surface area (Å²) < 4.78 is 286. The number of benzene rings is 4. The number of rotatable bonds is 16. The maximum Gasteiger partial charge on any atom is 0.192 e. The van der Waals surface area contributed by atoms with E-state index in [0.29, 0.717) is 0 Å². The summed E-state index contributed by atoms with van der Waals surface area (Å²) in [6, 6.07) is 0. The molecule has 0 nitrogen and oxygen atoms in total. The third-order valence-corrected chi connectivity index (χ3v) is 45.2. The first-order valence-electron chi connectivity index (χ1n) is 30.5. The molecule has 4 aromatic carbocycles. The van der Waals surface area contributed by atoms with Crippen molar-refractivity contribution < 1.29 is 70.2 Å². The molecule has 89 heavy (non-hydrogen) atoms. The van der Waals surface area contributed by atoms with Gasteiger partial charge in [-0.05, 0) is 66.5 Å². The normalized spacial score (nSPS) is 12.9. The third-order valence-electron chi connectivity index (χ3n) is 20.0. The molecule has 0 atom stereocenters. The number of hydrogen-bond acceptors (Lipinski definition) is 0. The zero-order valence-corrected chi connectivity index (χ0v) is 59.6. The highest BCUT2D eigenvalue weighted by atomic mass is 28.3. The molecule has 0 spiro atoms. The Labute approximate surface area is 521 Å². The van der Waals surface area contributed by atoms with Crippen molar-refractivity contribution in [3.8, 4) is 45.9 Å². The quantitative estimate of drug-likeness (QED) is 0.0345. The van der Waals surface area contributed by atoms with E-state index < -0.39 is 192 Å². The minimum Gasteiger partial charge on any atom is -0.209 e. The predicted molar refractivity (Wildman–Crippen MR) is 341 cm³/mol. The van der Waals surface area contributed by atoms with Gasteiger partial charge in [-0.1, -0.05) is 190 Å². The Bertz CT molecular complexity index is 3190. The van der Waals surface area contributed by atoms with Crippen LogP contribution < -0.4 is 21.9 Å². The van der Waals surface area contributed by atoms with Crippen molar-refractivity contribution in [2.45, 2.75) is 233 Å². The maximum atomic E-state index is 18.7. The molecule has 488 valence electrons. The SMILES string of the molecule is CC(C)[Si](C#Cc1c(F)c(F)c([B-](c2c(F)c(F)c(C#C[Si](C(C)C)(C(C)C)C(C)C)c(F)c2F)(c2c(F)c(F)c(C#C[Si](C(C)C)(C(C)C)C(C)C)c(F)c2F)c2c(F)c(F)c(F)c(C#C[Si](C(C)C)(C(C)C)C(C)C)c2F)c(F)c1F)(C(C)C)C(C)C. The minimum atomic E-state index is -6.96. The first-order chi connectivity index (χ1) is 40.8. The van der Waals surface area contributed by atoms with Gasteiger partial charge in [0.05, 0.1) is 5.56 Å². The lowest BCUT2D eigenvalue weighted by atomic mass is 9.12. The molecule has 21 heteroatoms. The van der Waals surface area contributed by atoms with Gasteiger partial charge in [0, 0.05) is 0 Å². The Morgan fingerprint density at radius 3 is 0.472 bits per heavy atom. The highest BCUT2D eigenvalue weighted by molar-refractivity contribution is 7.20. The molecule has 0 aliphatic heterocycles. The van der Waals surface area contributed by atoms with Gasteiger partial charge in [0.25, 0.3) is 0 Å². The fraction of sp³-hybridized carbons (Fsp3) is 0.529. The summed E-state index contributed by atoms with van der Waals surface area (Å²) in [6.45, 7) is 41.1. The zero-order valence-electron chi connectivity index (χ0n) is 55.6. The van der Waals surface area contributed by atoms with Crippen molar-refractivity contribution in [2.24, 2.45) is 0 Å². The molecule has 0 radical (unpaired) electrons. The molecular formula is C68H84BF16Si4-. The highest BCUT2D eigenvalue weighted by Gasteiger charge is 2.53. The van der Waals surface area contributed by atoms with Crippen molar-refractivity contribution in [3.63, 3.8) is 0 Å². The van der Waals surface area contributed by atoms with Crippen LogP contribution in [0, 0.1) is 139 Å². The van der Waals surface area contributed by atoms with Gasteiger partial charge < -0.3 is 0 Å². The monoisotopic (exact) mass is 1330 g/mol. The van der Waals surface area contributed by atoms with Crippen molar-refractivity contribution in [1.82, 2.24) is 0 Å². The third kappa shape index (κ3) is 12.2. The summed E-state index contributed by atoms with van der Waals surface area (Å²) in [4.78, 5) is 0. The van der Waals surface area contributed by atoms with Gasteiger partial charge in [-0.15, -0.1) is 44.0 Å². The van der Waals surface area contributed by atoms with E-state index in [9.17, 15) is 0 Å². The van der Waals surface area contributed by atoms with Gasteiger partial charge in [0.1, 0.15) is 102 Å². The van der Waals surface area contributed by atoms with Crippen molar-refractivity contribution >= 4 is 60.3 Å². The number of halogens is 16. The molecule has 4 rings (SSSR count). The van der Waals surface area contributed by atoms with E-state index >= 15 is 70.2 Å². The van der Waals surface area contributed by atoms with Crippen molar-refractivity contribution in [1.29, 1.82) is 0 Å². The first kappa shape index (κ1) is 76.4. The summed E-state index contributed by atoms with van der Waals surface area (Å²) in [6.07, 6.45) is -6.96. The lowest BCUT2D eigenvalue weighted by Crippen LogP contribution is -2.81. The van der Waals surface area contributed by atoms with E-state index in [-0.39, 0.29) is 49.9 Å². The summed E-state index contributed by atoms with van der Waals surface area (Å²) in [5.74, 6) is -38.6. The van der Waals surface area contributed by atoms with Crippen LogP contribution in [0.1, 0.15) is 188 Å². The van der Waals surface area contributed by atoms with Gasteiger partial charge in [0.15, 0.2) is 46.5 Å². The van der Waals surface area contributed by atoms with Gasteiger partial charge in [-0.25, -0.2) is 70.2 Å². The first-order valence-corrected chi connectivity index (χ1v) is 39.4. The Hall–Kier alpha value is -5.07. The van der Waals surface area contributed by atoms with Crippen LogP contribution in [0.25, 0.3) is 0 Å². The number of hydrogen-bond donors (Lipinski definition) is 0. The smallest absolute Gasteiger partial charge is 0.192 e. The van der Waals surface area contributed by atoms with Crippen LogP contribution in [0.15, 0.2) is 0 Å². The van der Waals surface area contributed by atoms with E-state index in [2.05, 4.69) is 45.9 Å². The Kier molecular flexibility index (Phi) is 24.1. The second-order valence-corrected chi connectivity index (χ2v) is 50.0. The largest absolute Gasteiger partial charge is 0.209 e. The van der Waals surface area contributed by atoms with E-state index in [1.54, 1.807) is 166 Å². The van der Waals surface area contributed by atoms with E-state index in [0.717, 1.165) is 0 Å². The molecular weight excluding hydrogens is 1240 g/mol. The fourth-order valence-electron chi connectivity index (χ4n) is 15.8. The lowest BCUT2D eigenvalue weighted by Gasteiger charge is -2.45. The molecule has 0 fully saturated rings. The van der Waals surface area contributed by atoms with Crippen LogP contribution in [-0.2, 0) is 0 Å². The van der Waals surface area contributed by atoms with Gasteiger partial charge in [0.2, 0.25) is 0 Å². The second-order valence-electron chi connectivity index (χ2n) is 27.6. The molecule has 0 saturated carbocycles. The molecule has 0 aromatic heterocycles. The summed E-state index contributed by atoms with van der Waals surface area (Å²) in [5, 5.41) is 0. The van der Waals surface area contributed by atoms with Crippen LogP contribution in [0.2, 0.25) is 66.5 Å². The van der Waals surface area contributed by atoms with Crippen molar-refractivity contribution in [2.75, 3.05) is 0 Å². The van der Waals surface area contributed by atoms with Crippen LogP contribution in [0.5, 0.6) is 0 Å². The maximum absolute atomic E-state index is 18.7. The molecule has 0 amide bonds. The molecule has 0 heterocycles. The Balaban J connectivity index is 2.81. The molecule has 4 aromatic rings. The average molecular weight is 1330 g/mol. The molecule has 0 saturated heterocycles. The lowest BCUT2D eigenvalue weighted by molar-refractivity contribution is 0.436. The standard InChI is InChI=1S/C68H84BF16Si4/c1-33(2)86(34(3)4,35(5)6)29-25-45-53(70)49(67(84)68(85)60(45)77)69(50-61(78)54(71)46(55(72)62(50)79)26-30-87(36(7)8,37(9)10)38(11)12,51-63(80)56(73)47(57(74)64(51)81)27-31-88(39(13)14,40(15)16)41(17)18)52-65(82)58(75)48(59(76)66(52)83)28-32-89(42(19)20,43(21)22)44(23)24/h33-44H,1-24H3/q-1. The minimum absolute atomic E-state index is 0.358. The molecule has 0 N–H and O–H groups in total. The van der Waals surface area contributed by atoms with Gasteiger partial charge in [-0.3, -0.25) is 0 Å². The average Bonchev–Trinajstić information content (AvgIpc) is 0.686. The Morgan fingerprint density at radius 1 is 0.191 bits per heavy atom. The predicted octanol–water partition coefficient (Wildman–Crippen LogP) is 19.6. The molecule has 0 aliphatic carbocycles. The summed E-state index contributed by atoms with van der Waals surface area (Å²) in [7, 11) is -13.0. The second kappa shape index (κ2) is 28.0. The molecule has 0 unspecified atom stereocenters. The highest BCUT2D eigenvalue weighted by Crippen LogP contribution is 2.45. The Morgan fingerprint density at radius 2 is 0.315 bits per heavy atom. The van der Waals surface area contributed by atoms with E-state index in [1.165, 1.54) is 0 Å². The van der Waals surface area contributed by atoms with Crippen LogP contribution >= 0.6 is 0 Å². The zero-order chi connectivity index (χ0) is 68.9. The summed E-state index contributed by atoms with van der Waals surface area (Å²) in [5.41, 5.74) is -13.0. The van der Waals surface area contributed by atoms with E-state index in [4.69, 9.17) is 0 Å². The van der Waals surface area contributed by atoms with Gasteiger partial charge in [-0.2, -0.15) is 0 Å². The fourth-order valence-corrected chi connectivity index (χ4v) is 36.7. The molecule has 0 aliphatic rings. The molecule has 0 bridgehead atoms. The van der Waals surface area contributed by atoms with Crippen molar-refractivity contribution in [3.05, 3.63) is 115 Å². The van der Waals surface area contributed by atoms with Crippen LogP contribution in [0.4, 0.5) is 70.2 Å². The topological polar surface area (TPSA) is 0 Å².